The fraction of sp³-hybridized carbons (Fsp3) is 0.316. The van der Waals surface area contributed by atoms with Crippen LogP contribution in [0, 0.1) is 13.8 Å². The number of fused-ring (bicyclic) bond motifs is 2. The molecule has 1 amide bonds. The van der Waals surface area contributed by atoms with Crippen LogP contribution in [0.4, 0.5) is 0 Å². The first-order chi connectivity index (χ1) is 13.1. The lowest BCUT2D eigenvalue weighted by molar-refractivity contribution is 0.0723. The van der Waals surface area contributed by atoms with E-state index in [2.05, 4.69) is 21.1 Å². The number of rotatable bonds is 2. The van der Waals surface area contributed by atoms with Gasteiger partial charge in [-0.05, 0) is 44.9 Å². The van der Waals surface area contributed by atoms with E-state index in [0.717, 1.165) is 39.5 Å². The number of para-hydroxylation sites is 1. The molecule has 0 N–H and O–H groups in total. The molecule has 5 rings (SSSR count). The Hall–Kier alpha value is -2.87. The summed E-state index contributed by atoms with van der Waals surface area (Å²) in [7, 11) is 0. The summed E-state index contributed by atoms with van der Waals surface area (Å²) in [6, 6.07) is 9.99. The standard InChI is InChI=1S/C19H18N6OS/c1-11-10-12(2)25-19(20-11)22-16(23-25)18(26)24-9-5-7-14(24)17-21-13-6-3-4-8-15(13)27-17/h3-4,6,8,10,14H,5,7,9H2,1-2H3/t14-/m1/s1. The molecule has 4 heterocycles. The SMILES string of the molecule is Cc1cc(C)n2nc(C(=O)N3CCC[C@@H]3c3nc4ccccc4s3)nc2n1. The molecule has 0 unspecified atom stereocenters. The molecule has 0 radical (unpaired) electrons. The van der Waals surface area contributed by atoms with Gasteiger partial charge in [-0.25, -0.2) is 14.5 Å². The number of carbonyl (C=O) groups excluding carboxylic acids is 1. The number of aryl methyl sites for hydroxylation is 2. The zero-order valence-electron chi connectivity index (χ0n) is 15.1. The highest BCUT2D eigenvalue weighted by Gasteiger charge is 2.34. The molecule has 3 aromatic heterocycles. The molecule has 1 saturated heterocycles. The molecule has 0 saturated carbocycles. The van der Waals surface area contributed by atoms with E-state index in [1.807, 2.05) is 43.0 Å². The highest BCUT2D eigenvalue weighted by molar-refractivity contribution is 7.18. The summed E-state index contributed by atoms with van der Waals surface area (Å²) in [6.07, 6.45) is 1.87. The van der Waals surface area contributed by atoms with Gasteiger partial charge in [0.05, 0.1) is 16.3 Å². The average molecular weight is 378 g/mol. The van der Waals surface area contributed by atoms with Gasteiger partial charge in [0.2, 0.25) is 5.82 Å². The van der Waals surface area contributed by atoms with Crippen LogP contribution in [0.2, 0.25) is 0 Å². The fourth-order valence-electron chi connectivity index (χ4n) is 3.68. The van der Waals surface area contributed by atoms with E-state index in [0.29, 0.717) is 12.3 Å². The number of benzene rings is 1. The van der Waals surface area contributed by atoms with Crippen molar-refractivity contribution < 1.29 is 4.79 Å². The van der Waals surface area contributed by atoms with Crippen molar-refractivity contribution >= 4 is 33.2 Å². The number of aromatic nitrogens is 5. The Morgan fingerprint density at radius 1 is 1.19 bits per heavy atom. The number of amides is 1. The number of hydrogen-bond acceptors (Lipinski definition) is 6. The maximum atomic E-state index is 13.1. The molecule has 27 heavy (non-hydrogen) atoms. The summed E-state index contributed by atoms with van der Waals surface area (Å²) in [5, 5.41) is 5.39. The normalized spacial score (nSPS) is 17.3. The third-order valence-electron chi connectivity index (χ3n) is 4.92. The molecule has 0 spiro atoms. The Balaban J connectivity index is 1.51. The van der Waals surface area contributed by atoms with Crippen molar-refractivity contribution in [3.63, 3.8) is 0 Å². The van der Waals surface area contributed by atoms with Crippen molar-refractivity contribution in [1.82, 2.24) is 29.5 Å². The maximum absolute atomic E-state index is 13.1. The first kappa shape index (κ1) is 16.3. The molecular formula is C19H18N6OS. The lowest BCUT2D eigenvalue weighted by Crippen LogP contribution is -2.31. The summed E-state index contributed by atoms with van der Waals surface area (Å²) >= 11 is 1.66. The van der Waals surface area contributed by atoms with Gasteiger partial charge in [-0.2, -0.15) is 4.98 Å². The number of thiazole rings is 1. The number of nitrogens with zero attached hydrogens (tertiary/aromatic N) is 6. The number of hydrogen-bond donors (Lipinski definition) is 0. The van der Waals surface area contributed by atoms with E-state index in [1.165, 1.54) is 0 Å². The first-order valence-corrected chi connectivity index (χ1v) is 9.79. The molecule has 1 aliphatic rings. The smallest absolute Gasteiger partial charge is 0.294 e. The second kappa shape index (κ2) is 6.09. The van der Waals surface area contributed by atoms with Crippen LogP contribution in [-0.2, 0) is 0 Å². The largest absolute Gasteiger partial charge is 0.326 e. The minimum Gasteiger partial charge on any atom is -0.326 e. The van der Waals surface area contributed by atoms with Gasteiger partial charge in [-0.3, -0.25) is 4.79 Å². The second-order valence-electron chi connectivity index (χ2n) is 6.86. The lowest BCUT2D eigenvalue weighted by Gasteiger charge is -2.21. The summed E-state index contributed by atoms with van der Waals surface area (Å²) < 4.78 is 2.77. The fourth-order valence-corrected chi connectivity index (χ4v) is 4.80. The van der Waals surface area contributed by atoms with Crippen LogP contribution < -0.4 is 0 Å². The van der Waals surface area contributed by atoms with Crippen LogP contribution in [0.5, 0.6) is 0 Å². The van der Waals surface area contributed by atoms with Crippen LogP contribution >= 0.6 is 11.3 Å². The van der Waals surface area contributed by atoms with E-state index < -0.39 is 0 Å². The van der Waals surface area contributed by atoms with Crippen LogP contribution in [0.15, 0.2) is 30.3 Å². The number of carbonyl (C=O) groups is 1. The van der Waals surface area contributed by atoms with Crippen LogP contribution in [0.25, 0.3) is 16.0 Å². The molecule has 0 aliphatic carbocycles. The average Bonchev–Trinajstić information content (AvgIpc) is 3.37. The predicted molar refractivity (Wildman–Crippen MR) is 103 cm³/mol. The summed E-state index contributed by atoms with van der Waals surface area (Å²) in [4.78, 5) is 28.5. The topological polar surface area (TPSA) is 76.3 Å². The van der Waals surface area contributed by atoms with Gasteiger partial charge < -0.3 is 4.90 Å². The van der Waals surface area contributed by atoms with E-state index in [-0.39, 0.29) is 17.8 Å². The van der Waals surface area contributed by atoms with Crippen LogP contribution in [-0.4, -0.2) is 41.9 Å². The highest BCUT2D eigenvalue weighted by Crippen LogP contribution is 2.37. The Kier molecular flexibility index (Phi) is 3.68. The van der Waals surface area contributed by atoms with E-state index >= 15 is 0 Å². The molecule has 1 atom stereocenters. The summed E-state index contributed by atoms with van der Waals surface area (Å²) in [6.45, 7) is 4.54. The summed E-state index contributed by atoms with van der Waals surface area (Å²) in [5.74, 6) is 0.509. The van der Waals surface area contributed by atoms with Crippen LogP contribution in [0.1, 0.15) is 45.9 Å². The van der Waals surface area contributed by atoms with Gasteiger partial charge in [0.1, 0.15) is 5.01 Å². The van der Waals surface area contributed by atoms with Gasteiger partial charge in [0, 0.05) is 17.9 Å². The van der Waals surface area contributed by atoms with Crippen molar-refractivity contribution in [3.05, 3.63) is 52.6 Å². The Bertz CT molecular complexity index is 1150. The molecule has 1 fully saturated rings. The highest BCUT2D eigenvalue weighted by atomic mass is 32.1. The molecule has 1 aromatic carbocycles. The maximum Gasteiger partial charge on any atom is 0.294 e. The Morgan fingerprint density at radius 3 is 2.89 bits per heavy atom. The van der Waals surface area contributed by atoms with Gasteiger partial charge >= 0.3 is 0 Å². The number of likely N-dealkylation sites (tertiary alicyclic amines) is 1. The van der Waals surface area contributed by atoms with E-state index in [1.54, 1.807) is 15.9 Å². The van der Waals surface area contributed by atoms with Crippen LogP contribution in [0.3, 0.4) is 0 Å². The quantitative estimate of drug-likeness (QED) is 0.535. The Morgan fingerprint density at radius 2 is 2.04 bits per heavy atom. The van der Waals surface area contributed by atoms with Crippen molar-refractivity contribution in [3.8, 4) is 0 Å². The molecular weight excluding hydrogens is 360 g/mol. The molecule has 8 heteroatoms. The van der Waals surface area contributed by atoms with Gasteiger partial charge in [0.25, 0.3) is 11.7 Å². The predicted octanol–water partition coefficient (Wildman–Crippen LogP) is 3.33. The third kappa shape index (κ3) is 2.68. The van der Waals surface area contributed by atoms with Crippen molar-refractivity contribution in [2.45, 2.75) is 32.7 Å². The molecule has 1 aliphatic heterocycles. The zero-order valence-corrected chi connectivity index (χ0v) is 15.9. The molecule has 7 nitrogen and oxygen atoms in total. The molecule has 136 valence electrons. The van der Waals surface area contributed by atoms with E-state index in [4.69, 9.17) is 4.98 Å². The second-order valence-corrected chi connectivity index (χ2v) is 7.92. The van der Waals surface area contributed by atoms with Crippen molar-refractivity contribution in [2.75, 3.05) is 6.54 Å². The van der Waals surface area contributed by atoms with Crippen molar-refractivity contribution in [1.29, 1.82) is 0 Å². The minimum atomic E-state index is -0.153. The van der Waals surface area contributed by atoms with Gasteiger partial charge in [-0.1, -0.05) is 12.1 Å². The zero-order chi connectivity index (χ0) is 18.5. The first-order valence-electron chi connectivity index (χ1n) is 8.97. The van der Waals surface area contributed by atoms with Gasteiger partial charge in [-0.15, -0.1) is 16.4 Å². The lowest BCUT2D eigenvalue weighted by atomic mass is 10.2. The third-order valence-corrected chi connectivity index (χ3v) is 6.06. The minimum absolute atomic E-state index is 0.0164. The monoisotopic (exact) mass is 378 g/mol. The Labute approximate surface area is 159 Å². The molecule has 4 aromatic rings. The molecule has 0 bridgehead atoms. The van der Waals surface area contributed by atoms with E-state index in [9.17, 15) is 4.79 Å². The summed E-state index contributed by atoms with van der Waals surface area (Å²) in [5.41, 5.74) is 2.76. The van der Waals surface area contributed by atoms with Gasteiger partial charge in [0.15, 0.2) is 0 Å². The van der Waals surface area contributed by atoms with Crippen molar-refractivity contribution in [2.24, 2.45) is 0 Å².